The Bertz CT molecular complexity index is 237. The molecule has 0 aromatic rings. The first-order valence-electron chi connectivity index (χ1n) is 5.36. The van der Waals surface area contributed by atoms with Gasteiger partial charge in [0.1, 0.15) is 0 Å². The molecular weight excluding hydrogens is 196 g/mol. The number of nitrogens with one attached hydrogen (secondary N) is 2. The van der Waals surface area contributed by atoms with E-state index in [4.69, 9.17) is 5.11 Å². The maximum Gasteiger partial charge on any atom is 0.315 e. The molecule has 0 spiro atoms. The molecule has 0 aliphatic heterocycles. The first-order valence-corrected chi connectivity index (χ1v) is 5.36. The lowest BCUT2D eigenvalue weighted by Gasteiger charge is -2.14. The highest BCUT2D eigenvalue weighted by molar-refractivity contribution is 5.75. The Morgan fingerprint density at radius 2 is 2.00 bits per heavy atom. The van der Waals surface area contributed by atoms with Crippen LogP contribution >= 0.6 is 0 Å². The summed E-state index contributed by atoms with van der Waals surface area (Å²) < 4.78 is 0. The normalized spacial score (nSPS) is 18.5. The summed E-state index contributed by atoms with van der Waals surface area (Å²) in [5, 5.41) is 14.0. The van der Waals surface area contributed by atoms with Crippen LogP contribution in [0.1, 0.15) is 32.6 Å². The van der Waals surface area contributed by atoms with Gasteiger partial charge >= 0.3 is 12.0 Å². The molecule has 0 bridgehead atoms. The Hall–Kier alpha value is -1.26. The number of rotatable bonds is 4. The molecule has 1 aliphatic rings. The Labute approximate surface area is 89.2 Å². The van der Waals surface area contributed by atoms with E-state index in [9.17, 15) is 9.59 Å². The fourth-order valence-corrected chi connectivity index (χ4v) is 1.64. The van der Waals surface area contributed by atoms with Crippen LogP contribution in [0, 0.1) is 5.92 Å². The zero-order valence-corrected chi connectivity index (χ0v) is 8.95. The number of hydrogen-bond acceptors (Lipinski definition) is 2. The number of urea groups is 1. The van der Waals surface area contributed by atoms with Crippen LogP contribution in [-0.2, 0) is 4.79 Å². The number of amides is 2. The molecule has 1 saturated carbocycles. The minimum atomic E-state index is -0.892. The summed E-state index contributed by atoms with van der Waals surface area (Å²) in [6.07, 6.45) is 4.39. The van der Waals surface area contributed by atoms with Gasteiger partial charge in [-0.3, -0.25) is 4.79 Å². The third-order valence-electron chi connectivity index (χ3n) is 2.68. The molecule has 3 N–H and O–H groups in total. The van der Waals surface area contributed by atoms with Crippen molar-refractivity contribution in [3.8, 4) is 0 Å². The van der Waals surface area contributed by atoms with Crippen molar-refractivity contribution in [1.29, 1.82) is 0 Å². The van der Waals surface area contributed by atoms with Crippen LogP contribution in [0.25, 0.3) is 0 Å². The summed E-state index contributed by atoms with van der Waals surface area (Å²) in [5.74, 6) is -1.43. The highest BCUT2D eigenvalue weighted by Gasteiger charge is 2.18. The van der Waals surface area contributed by atoms with E-state index in [0.717, 1.165) is 25.7 Å². The number of carboxylic acids is 1. The van der Waals surface area contributed by atoms with Gasteiger partial charge in [-0.25, -0.2) is 4.79 Å². The van der Waals surface area contributed by atoms with Crippen molar-refractivity contribution >= 4 is 12.0 Å². The zero-order valence-electron chi connectivity index (χ0n) is 8.95. The molecule has 5 nitrogen and oxygen atoms in total. The van der Waals surface area contributed by atoms with Crippen molar-refractivity contribution in [2.45, 2.75) is 38.6 Å². The topological polar surface area (TPSA) is 78.4 Å². The quantitative estimate of drug-likeness (QED) is 0.652. The predicted molar refractivity (Wildman–Crippen MR) is 55.6 cm³/mol. The highest BCUT2D eigenvalue weighted by atomic mass is 16.4. The summed E-state index contributed by atoms with van der Waals surface area (Å²) in [6, 6.07) is 0.0140. The van der Waals surface area contributed by atoms with Crippen molar-refractivity contribution in [2.75, 3.05) is 6.54 Å². The first kappa shape index (κ1) is 11.8. The minimum Gasteiger partial charge on any atom is -0.481 e. The van der Waals surface area contributed by atoms with Gasteiger partial charge in [-0.05, 0) is 12.8 Å². The van der Waals surface area contributed by atoms with Crippen molar-refractivity contribution in [3.05, 3.63) is 0 Å². The summed E-state index contributed by atoms with van der Waals surface area (Å²) in [7, 11) is 0. The van der Waals surface area contributed by atoms with Gasteiger partial charge in [-0.15, -0.1) is 0 Å². The first-order chi connectivity index (χ1) is 7.09. The third-order valence-corrected chi connectivity index (χ3v) is 2.68. The zero-order chi connectivity index (χ0) is 11.3. The molecule has 1 aliphatic carbocycles. The van der Waals surface area contributed by atoms with Crippen molar-refractivity contribution < 1.29 is 14.7 Å². The molecule has 0 aromatic heterocycles. The van der Waals surface area contributed by atoms with Crippen LogP contribution in [0.4, 0.5) is 4.79 Å². The van der Waals surface area contributed by atoms with Gasteiger partial charge in [-0.2, -0.15) is 0 Å². The Kier molecular flexibility index (Phi) is 4.39. The average molecular weight is 214 g/mol. The molecule has 1 rings (SSSR count). The van der Waals surface area contributed by atoms with Gasteiger partial charge in [0.15, 0.2) is 0 Å². The van der Waals surface area contributed by atoms with Gasteiger partial charge in [0.05, 0.1) is 5.92 Å². The van der Waals surface area contributed by atoms with Crippen molar-refractivity contribution in [2.24, 2.45) is 5.92 Å². The molecule has 0 aromatic carbocycles. The highest BCUT2D eigenvalue weighted by Crippen LogP contribution is 2.17. The van der Waals surface area contributed by atoms with Crippen LogP contribution in [-0.4, -0.2) is 29.7 Å². The van der Waals surface area contributed by atoms with E-state index in [1.807, 2.05) is 0 Å². The molecule has 0 radical (unpaired) electrons. The average Bonchev–Trinajstić information content (AvgIpc) is 2.66. The molecule has 1 unspecified atom stereocenters. The van der Waals surface area contributed by atoms with E-state index >= 15 is 0 Å². The number of carbonyl (C=O) groups excluding carboxylic acids is 1. The lowest BCUT2D eigenvalue weighted by molar-refractivity contribution is -0.140. The Balaban J connectivity index is 2.15. The maximum absolute atomic E-state index is 11.3. The molecule has 0 heterocycles. The third kappa shape index (κ3) is 4.18. The van der Waals surface area contributed by atoms with Crippen LogP contribution < -0.4 is 10.6 Å². The molecular formula is C10H18N2O3. The maximum atomic E-state index is 11.3. The van der Waals surface area contributed by atoms with Gasteiger partial charge < -0.3 is 15.7 Å². The standard InChI is InChI=1S/C10H18N2O3/c1-7(9(13)14)6-11-10(15)12-8-4-2-3-5-8/h7-8H,2-6H2,1H3,(H,13,14)(H2,11,12,15). The van der Waals surface area contributed by atoms with E-state index in [1.54, 1.807) is 6.92 Å². The lowest BCUT2D eigenvalue weighted by Crippen LogP contribution is -2.43. The Morgan fingerprint density at radius 3 is 2.53 bits per heavy atom. The molecule has 0 saturated heterocycles. The largest absolute Gasteiger partial charge is 0.481 e. The number of carbonyl (C=O) groups is 2. The Morgan fingerprint density at radius 1 is 1.40 bits per heavy atom. The minimum absolute atomic E-state index is 0.174. The second-order valence-electron chi connectivity index (χ2n) is 4.08. The predicted octanol–water partition coefficient (Wildman–Crippen LogP) is 0.949. The molecule has 5 heteroatoms. The van der Waals surface area contributed by atoms with Crippen LogP contribution in [0.2, 0.25) is 0 Å². The van der Waals surface area contributed by atoms with Crippen LogP contribution in [0.3, 0.4) is 0 Å². The van der Waals surface area contributed by atoms with Crippen LogP contribution in [0.15, 0.2) is 0 Å². The van der Waals surface area contributed by atoms with Gasteiger partial charge in [-0.1, -0.05) is 19.8 Å². The van der Waals surface area contributed by atoms with Gasteiger partial charge in [0.2, 0.25) is 0 Å². The van der Waals surface area contributed by atoms with Crippen molar-refractivity contribution in [1.82, 2.24) is 10.6 Å². The molecule has 86 valence electrons. The van der Waals surface area contributed by atoms with Gasteiger partial charge in [0, 0.05) is 12.6 Å². The SMILES string of the molecule is CC(CNC(=O)NC1CCCC1)C(=O)O. The van der Waals surface area contributed by atoms with E-state index in [-0.39, 0.29) is 18.6 Å². The molecule has 15 heavy (non-hydrogen) atoms. The van der Waals surface area contributed by atoms with Gasteiger partial charge in [0.25, 0.3) is 0 Å². The number of hydrogen-bond donors (Lipinski definition) is 3. The second kappa shape index (κ2) is 5.58. The molecule has 2 amide bonds. The summed E-state index contributed by atoms with van der Waals surface area (Å²) in [4.78, 5) is 21.8. The summed E-state index contributed by atoms with van der Waals surface area (Å²) in [6.45, 7) is 1.74. The fourth-order valence-electron chi connectivity index (χ4n) is 1.64. The number of carboxylic acid groups (broad SMARTS) is 1. The van der Waals surface area contributed by atoms with E-state index in [2.05, 4.69) is 10.6 Å². The molecule has 1 atom stereocenters. The summed E-state index contributed by atoms with van der Waals surface area (Å²) >= 11 is 0. The fraction of sp³-hybridized carbons (Fsp3) is 0.800. The summed E-state index contributed by atoms with van der Waals surface area (Å²) in [5.41, 5.74) is 0. The lowest BCUT2D eigenvalue weighted by atomic mass is 10.2. The smallest absolute Gasteiger partial charge is 0.315 e. The van der Waals surface area contributed by atoms with Crippen LogP contribution in [0.5, 0.6) is 0 Å². The van der Waals surface area contributed by atoms with E-state index in [0.29, 0.717) is 0 Å². The van der Waals surface area contributed by atoms with Crippen molar-refractivity contribution in [3.63, 3.8) is 0 Å². The monoisotopic (exact) mass is 214 g/mol. The van der Waals surface area contributed by atoms with E-state index < -0.39 is 11.9 Å². The number of aliphatic carboxylic acids is 1. The van der Waals surface area contributed by atoms with E-state index in [1.165, 1.54) is 0 Å². The second-order valence-corrected chi connectivity index (χ2v) is 4.08. The molecule has 1 fully saturated rings.